The normalized spacial score (nSPS) is 16.7. The van der Waals surface area contributed by atoms with Crippen molar-refractivity contribution in [3.63, 3.8) is 0 Å². The van der Waals surface area contributed by atoms with Gasteiger partial charge in [0, 0.05) is 36.1 Å². The number of β-amino-alcohol motifs (C(OH)–C–C–N with tert-alkyl or cyclic N) is 1. The Morgan fingerprint density at radius 1 is 1.12 bits per heavy atom. The van der Waals surface area contributed by atoms with Gasteiger partial charge in [-0.05, 0) is 28.6 Å². The number of benzene rings is 3. The molecule has 1 unspecified atom stereocenters. The summed E-state index contributed by atoms with van der Waals surface area (Å²) < 4.78 is 0. The van der Waals surface area contributed by atoms with Crippen LogP contribution in [0.3, 0.4) is 0 Å². The first-order valence-corrected chi connectivity index (χ1v) is 8.44. The van der Waals surface area contributed by atoms with E-state index in [1.54, 1.807) is 6.07 Å². The number of hydrogen-bond acceptors (Lipinski definition) is 3. The molecule has 3 N–H and O–H groups in total. The highest BCUT2D eigenvalue weighted by Gasteiger charge is 2.25. The second kappa shape index (κ2) is 6.22. The summed E-state index contributed by atoms with van der Waals surface area (Å²) in [4.78, 5) is 13.6. The van der Waals surface area contributed by atoms with Crippen LogP contribution in [-0.2, 0) is 13.0 Å². The maximum absolute atomic E-state index is 11.4. The monoisotopic (exact) mass is 332 g/mol. The van der Waals surface area contributed by atoms with Gasteiger partial charge in [-0.3, -0.25) is 4.79 Å². The minimum atomic E-state index is -0.425. The number of aliphatic hydroxyl groups is 1. The Bertz CT molecular complexity index is 952. The zero-order chi connectivity index (χ0) is 17.4. The molecular weight excluding hydrogens is 312 g/mol. The second-order valence-electron chi connectivity index (χ2n) is 6.60. The smallest absolute Gasteiger partial charge is 0.248 e. The van der Waals surface area contributed by atoms with Crippen LogP contribution in [0.4, 0.5) is 5.69 Å². The molecule has 126 valence electrons. The van der Waals surface area contributed by atoms with E-state index < -0.39 is 12.0 Å². The molecule has 0 aliphatic carbocycles. The van der Waals surface area contributed by atoms with Crippen molar-refractivity contribution < 1.29 is 9.90 Å². The quantitative estimate of drug-likeness (QED) is 0.775. The number of hydrogen-bond donors (Lipinski definition) is 2. The molecule has 0 saturated carbocycles. The molecule has 0 aromatic heterocycles. The molecule has 4 heteroatoms. The summed E-state index contributed by atoms with van der Waals surface area (Å²) in [5.41, 5.74) is 9.24. The highest BCUT2D eigenvalue weighted by atomic mass is 16.3. The number of fused-ring (bicyclic) bond motifs is 3. The van der Waals surface area contributed by atoms with Gasteiger partial charge in [0.1, 0.15) is 0 Å². The lowest BCUT2D eigenvalue weighted by Gasteiger charge is -2.35. The number of rotatable bonds is 3. The van der Waals surface area contributed by atoms with Crippen LogP contribution in [0.25, 0.3) is 10.8 Å². The molecule has 1 aliphatic rings. The second-order valence-corrected chi connectivity index (χ2v) is 6.60. The minimum absolute atomic E-state index is 0.395. The predicted molar refractivity (Wildman–Crippen MR) is 99.7 cm³/mol. The molecule has 1 atom stereocenters. The zero-order valence-electron chi connectivity index (χ0n) is 13.9. The van der Waals surface area contributed by atoms with Gasteiger partial charge in [0.05, 0.1) is 6.10 Å². The van der Waals surface area contributed by atoms with Gasteiger partial charge in [-0.2, -0.15) is 0 Å². The number of carbonyl (C=O) groups is 1. The molecule has 3 aromatic rings. The number of amides is 1. The van der Waals surface area contributed by atoms with Gasteiger partial charge < -0.3 is 15.7 Å². The van der Waals surface area contributed by atoms with Crippen LogP contribution in [0.2, 0.25) is 0 Å². The van der Waals surface area contributed by atoms with Gasteiger partial charge in [-0.1, -0.05) is 48.5 Å². The fourth-order valence-corrected chi connectivity index (χ4v) is 3.69. The summed E-state index contributed by atoms with van der Waals surface area (Å²) >= 11 is 0. The number of primary amides is 1. The van der Waals surface area contributed by atoms with Gasteiger partial charge in [-0.15, -0.1) is 0 Å². The van der Waals surface area contributed by atoms with Crippen molar-refractivity contribution in [2.75, 3.05) is 11.4 Å². The summed E-state index contributed by atoms with van der Waals surface area (Å²) in [6, 6.07) is 19.9. The van der Waals surface area contributed by atoms with E-state index in [9.17, 15) is 9.90 Å². The van der Waals surface area contributed by atoms with E-state index >= 15 is 0 Å². The van der Waals surface area contributed by atoms with E-state index in [0.29, 0.717) is 25.1 Å². The first-order chi connectivity index (χ1) is 12.1. The summed E-state index contributed by atoms with van der Waals surface area (Å²) in [6.07, 6.45) is 0.269. The molecule has 0 fully saturated rings. The Morgan fingerprint density at radius 3 is 2.80 bits per heavy atom. The Morgan fingerprint density at radius 2 is 1.96 bits per heavy atom. The number of carbonyl (C=O) groups excluding carboxylic acids is 1. The highest BCUT2D eigenvalue weighted by Crippen LogP contribution is 2.35. The van der Waals surface area contributed by atoms with Crippen LogP contribution in [0.5, 0.6) is 0 Å². The Hall–Kier alpha value is -2.85. The number of nitrogens with zero attached hydrogens (tertiary/aromatic N) is 1. The molecule has 3 aromatic carbocycles. The lowest BCUT2D eigenvalue weighted by atomic mass is 9.94. The Kier molecular flexibility index (Phi) is 3.90. The molecule has 0 radical (unpaired) electrons. The third-order valence-electron chi connectivity index (χ3n) is 4.77. The van der Waals surface area contributed by atoms with Crippen LogP contribution >= 0.6 is 0 Å². The molecule has 4 nitrogen and oxygen atoms in total. The van der Waals surface area contributed by atoms with Crippen LogP contribution in [0.1, 0.15) is 21.5 Å². The largest absolute Gasteiger partial charge is 0.391 e. The molecule has 0 spiro atoms. The van der Waals surface area contributed by atoms with E-state index in [0.717, 1.165) is 11.1 Å². The van der Waals surface area contributed by atoms with E-state index in [2.05, 4.69) is 29.2 Å². The topological polar surface area (TPSA) is 66.6 Å². The Balaban J connectivity index is 1.78. The third-order valence-corrected chi connectivity index (χ3v) is 4.77. The molecule has 1 aliphatic heterocycles. The zero-order valence-corrected chi connectivity index (χ0v) is 13.9. The molecule has 1 heterocycles. The molecule has 0 saturated heterocycles. The molecular formula is C21H20N2O2. The molecule has 1 amide bonds. The third kappa shape index (κ3) is 2.96. The number of aliphatic hydroxyl groups excluding tert-OH is 1. The molecule has 25 heavy (non-hydrogen) atoms. The van der Waals surface area contributed by atoms with E-state index in [1.807, 2.05) is 30.3 Å². The van der Waals surface area contributed by atoms with Gasteiger partial charge >= 0.3 is 0 Å². The van der Waals surface area contributed by atoms with Gasteiger partial charge in [0.15, 0.2) is 0 Å². The van der Waals surface area contributed by atoms with Crippen LogP contribution in [0, 0.1) is 0 Å². The van der Waals surface area contributed by atoms with E-state index in [4.69, 9.17) is 5.73 Å². The summed E-state index contributed by atoms with van der Waals surface area (Å²) in [5.74, 6) is -0.425. The average Bonchev–Trinajstić information content (AvgIpc) is 2.61. The van der Waals surface area contributed by atoms with Crippen LogP contribution < -0.4 is 10.6 Å². The lowest BCUT2D eigenvalue weighted by molar-refractivity contribution is 0.1000. The van der Waals surface area contributed by atoms with Gasteiger partial charge in [0.25, 0.3) is 0 Å². The number of nitrogens with two attached hydrogens (primary N) is 1. The van der Waals surface area contributed by atoms with Crippen LogP contribution in [-0.4, -0.2) is 23.7 Å². The van der Waals surface area contributed by atoms with Crippen molar-refractivity contribution in [1.29, 1.82) is 0 Å². The van der Waals surface area contributed by atoms with Crippen molar-refractivity contribution in [2.24, 2.45) is 5.73 Å². The van der Waals surface area contributed by atoms with Gasteiger partial charge in [-0.25, -0.2) is 0 Å². The Labute approximate surface area is 146 Å². The molecule has 4 rings (SSSR count). The van der Waals surface area contributed by atoms with E-state index in [-0.39, 0.29) is 0 Å². The van der Waals surface area contributed by atoms with E-state index in [1.165, 1.54) is 16.5 Å². The minimum Gasteiger partial charge on any atom is -0.391 e. The van der Waals surface area contributed by atoms with Gasteiger partial charge in [0.2, 0.25) is 5.91 Å². The van der Waals surface area contributed by atoms with Crippen molar-refractivity contribution in [1.82, 2.24) is 0 Å². The standard InChI is InChI=1S/C21H20N2O2/c22-21(25)17-6-3-4-14(10-17)12-23-13-18(24)11-16-9-8-15-5-1-2-7-19(15)20(16)23/h1-10,18,24H,11-13H2,(H2,22,25). The molecule has 0 bridgehead atoms. The number of anilines is 1. The maximum atomic E-state index is 11.4. The fourth-order valence-electron chi connectivity index (χ4n) is 3.69. The predicted octanol–water partition coefficient (Wildman–Crippen LogP) is 2.86. The lowest BCUT2D eigenvalue weighted by Crippen LogP contribution is -2.38. The SMILES string of the molecule is NC(=O)c1cccc(CN2CC(O)Cc3ccc4ccccc4c32)c1. The van der Waals surface area contributed by atoms with Crippen molar-refractivity contribution in [3.8, 4) is 0 Å². The maximum Gasteiger partial charge on any atom is 0.248 e. The van der Waals surface area contributed by atoms with Crippen molar-refractivity contribution in [2.45, 2.75) is 19.1 Å². The summed E-state index contributed by atoms with van der Waals surface area (Å²) in [7, 11) is 0. The van der Waals surface area contributed by atoms with Crippen molar-refractivity contribution >= 4 is 22.4 Å². The highest BCUT2D eigenvalue weighted by molar-refractivity contribution is 5.96. The average molecular weight is 332 g/mol. The summed E-state index contributed by atoms with van der Waals surface area (Å²) in [6.45, 7) is 1.20. The first kappa shape index (κ1) is 15.7. The first-order valence-electron chi connectivity index (χ1n) is 8.44. The fraction of sp³-hybridized carbons (Fsp3) is 0.190. The summed E-state index contributed by atoms with van der Waals surface area (Å²) in [5, 5.41) is 12.7. The van der Waals surface area contributed by atoms with Crippen LogP contribution in [0.15, 0.2) is 60.7 Å². The van der Waals surface area contributed by atoms with Crippen molar-refractivity contribution in [3.05, 3.63) is 77.4 Å².